The van der Waals surface area contributed by atoms with E-state index in [1.54, 1.807) is 24.3 Å². The molecule has 0 heterocycles. The van der Waals surface area contributed by atoms with E-state index in [0.29, 0.717) is 18.0 Å². The Morgan fingerprint density at radius 1 is 0.958 bits per heavy atom. The lowest BCUT2D eigenvalue weighted by Crippen LogP contribution is -2.18. The van der Waals surface area contributed by atoms with Crippen molar-refractivity contribution < 1.29 is 14.3 Å². The summed E-state index contributed by atoms with van der Waals surface area (Å²) in [4.78, 5) is 22.9. The van der Waals surface area contributed by atoms with Crippen LogP contribution in [-0.4, -0.2) is 18.4 Å². The molecule has 126 valence electrons. The summed E-state index contributed by atoms with van der Waals surface area (Å²) in [5, 5.41) is 5.43. The fraction of sp³-hybridized carbons (Fsp3) is 0.263. The SMILES string of the molecule is CC(=O)Nc1ccc(NC(=O)COCc2ccc(C)cc2C)cc1. The fourth-order valence-corrected chi connectivity index (χ4v) is 2.30. The van der Waals surface area contributed by atoms with E-state index in [-0.39, 0.29) is 18.4 Å². The molecule has 5 heteroatoms. The smallest absolute Gasteiger partial charge is 0.250 e. The standard InChI is InChI=1S/C19H22N2O3/c1-13-4-5-16(14(2)10-13)11-24-12-19(23)21-18-8-6-17(7-9-18)20-15(3)22/h4-10H,11-12H2,1-3H3,(H,20,22)(H,21,23). The number of carbonyl (C=O) groups is 2. The van der Waals surface area contributed by atoms with E-state index < -0.39 is 0 Å². The predicted octanol–water partition coefficient (Wildman–Crippen LogP) is 3.42. The number of anilines is 2. The van der Waals surface area contributed by atoms with Gasteiger partial charge in [0.25, 0.3) is 0 Å². The van der Waals surface area contributed by atoms with Crippen LogP contribution >= 0.6 is 0 Å². The van der Waals surface area contributed by atoms with Crippen molar-refractivity contribution in [2.75, 3.05) is 17.2 Å². The number of nitrogens with one attached hydrogen (secondary N) is 2. The maximum absolute atomic E-state index is 11.9. The Hall–Kier alpha value is -2.66. The number of benzene rings is 2. The van der Waals surface area contributed by atoms with E-state index in [1.165, 1.54) is 12.5 Å². The molecule has 0 saturated carbocycles. The number of aryl methyl sites for hydroxylation is 2. The highest BCUT2D eigenvalue weighted by Gasteiger charge is 2.05. The summed E-state index contributed by atoms with van der Waals surface area (Å²) < 4.78 is 5.48. The molecule has 0 fully saturated rings. The van der Waals surface area contributed by atoms with Gasteiger partial charge in [0.05, 0.1) is 6.61 Å². The van der Waals surface area contributed by atoms with Crippen molar-refractivity contribution in [2.24, 2.45) is 0 Å². The first-order chi connectivity index (χ1) is 11.4. The van der Waals surface area contributed by atoms with Crippen molar-refractivity contribution in [3.05, 3.63) is 59.2 Å². The minimum atomic E-state index is -0.216. The third kappa shape index (κ3) is 5.52. The van der Waals surface area contributed by atoms with Gasteiger partial charge < -0.3 is 15.4 Å². The lowest BCUT2D eigenvalue weighted by molar-refractivity contribution is -0.121. The largest absolute Gasteiger partial charge is 0.367 e. The van der Waals surface area contributed by atoms with Gasteiger partial charge in [-0.3, -0.25) is 9.59 Å². The first kappa shape index (κ1) is 17.7. The molecule has 5 nitrogen and oxygen atoms in total. The molecular formula is C19H22N2O3. The molecule has 0 aliphatic heterocycles. The molecule has 0 unspecified atom stereocenters. The second-order valence-corrected chi connectivity index (χ2v) is 5.73. The molecule has 2 amide bonds. The van der Waals surface area contributed by atoms with Crippen molar-refractivity contribution in [2.45, 2.75) is 27.4 Å². The zero-order chi connectivity index (χ0) is 17.5. The molecule has 2 aromatic rings. The van der Waals surface area contributed by atoms with Gasteiger partial charge >= 0.3 is 0 Å². The second-order valence-electron chi connectivity index (χ2n) is 5.73. The number of hydrogen-bond donors (Lipinski definition) is 2. The van der Waals surface area contributed by atoms with E-state index in [4.69, 9.17) is 4.74 Å². The average Bonchev–Trinajstić information content (AvgIpc) is 2.51. The number of hydrogen-bond acceptors (Lipinski definition) is 3. The summed E-state index contributed by atoms with van der Waals surface area (Å²) in [5.41, 5.74) is 4.78. The van der Waals surface area contributed by atoms with Crippen molar-refractivity contribution >= 4 is 23.2 Å². The van der Waals surface area contributed by atoms with Crippen LogP contribution in [0.2, 0.25) is 0 Å². The highest BCUT2D eigenvalue weighted by Crippen LogP contribution is 2.14. The number of carbonyl (C=O) groups excluding carboxylic acids is 2. The van der Waals surface area contributed by atoms with E-state index in [2.05, 4.69) is 16.7 Å². The lowest BCUT2D eigenvalue weighted by atomic mass is 10.1. The maximum atomic E-state index is 11.9. The Bertz CT molecular complexity index is 724. The molecule has 0 atom stereocenters. The van der Waals surface area contributed by atoms with Gasteiger partial charge in [-0.05, 0) is 49.2 Å². The zero-order valence-corrected chi connectivity index (χ0v) is 14.2. The Labute approximate surface area is 142 Å². The molecule has 2 N–H and O–H groups in total. The second kappa shape index (κ2) is 8.26. The van der Waals surface area contributed by atoms with Crippen LogP contribution in [0.5, 0.6) is 0 Å². The summed E-state index contributed by atoms with van der Waals surface area (Å²) in [6.45, 7) is 5.91. The molecule has 0 aromatic heterocycles. The van der Waals surface area contributed by atoms with Crippen LogP contribution in [0.4, 0.5) is 11.4 Å². The van der Waals surface area contributed by atoms with Gasteiger partial charge in [0, 0.05) is 18.3 Å². The average molecular weight is 326 g/mol. The van der Waals surface area contributed by atoms with E-state index in [0.717, 1.165) is 11.1 Å². The van der Waals surface area contributed by atoms with Crippen molar-refractivity contribution in [3.63, 3.8) is 0 Å². The molecule has 2 rings (SSSR count). The van der Waals surface area contributed by atoms with Crippen molar-refractivity contribution in [1.29, 1.82) is 0 Å². The zero-order valence-electron chi connectivity index (χ0n) is 14.2. The molecule has 0 radical (unpaired) electrons. The van der Waals surface area contributed by atoms with Crippen LogP contribution < -0.4 is 10.6 Å². The van der Waals surface area contributed by atoms with Crippen LogP contribution in [0.1, 0.15) is 23.6 Å². The van der Waals surface area contributed by atoms with Crippen LogP contribution in [0, 0.1) is 13.8 Å². The molecule has 2 aromatic carbocycles. The Morgan fingerprint density at radius 3 is 2.17 bits per heavy atom. The van der Waals surface area contributed by atoms with E-state index in [1.807, 2.05) is 26.0 Å². The third-order valence-electron chi connectivity index (χ3n) is 3.48. The Kier molecular flexibility index (Phi) is 6.09. The molecule has 0 saturated heterocycles. The summed E-state index contributed by atoms with van der Waals surface area (Å²) >= 11 is 0. The van der Waals surface area contributed by atoms with Gasteiger partial charge in [-0.2, -0.15) is 0 Å². The molecule has 0 aliphatic carbocycles. The maximum Gasteiger partial charge on any atom is 0.250 e. The van der Waals surface area contributed by atoms with Crippen LogP contribution in [0.3, 0.4) is 0 Å². The summed E-state index contributed by atoms with van der Waals surface area (Å²) in [7, 11) is 0. The Morgan fingerprint density at radius 2 is 1.58 bits per heavy atom. The number of amides is 2. The lowest BCUT2D eigenvalue weighted by Gasteiger charge is -2.09. The molecule has 0 aliphatic rings. The highest BCUT2D eigenvalue weighted by molar-refractivity contribution is 5.92. The van der Waals surface area contributed by atoms with E-state index >= 15 is 0 Å². The Balaban J connectivity index is 1.79. The highest BCUT2D eigenvalue weighted by atomic mass is 16.5. The fourth-order valence-electron chi connectivity index (χ4n) is 2.30. The van der Waals surface area contributed by atoms with Crippen LogP contribution in [0.25, 0.3) is 0 Å². The van der Waals surface area contributed by atoms with Gasteiger partial charge in [0.1, 0.15) is 6.61 Å². The minimum Gasteiger partial charge on any atom is -0.367 e. The normalized spacial score (nSPS) is 10.3. The first-order valence-corrected chi connectivity index (χ1v) is 7.75. The van der Waals surface area contributed by atoms with E-state index in [9.17, 15) is 9.59 Å². The molecule has 0 bridgehead atoms. The quantitative estimate of drug-likeness (QED) is 0.855. The summed E-state index contributed by atoms with van der Waals surface area (Å²) in [5.74, 6) is -0.348. The third-order valence-corrected chi connectivity index (χ3v) is 3.48. The monoisotopic (exact) mass is 326 g/mol. The summed E-state index contributed by atoms with van der Waals surface area (Å²) in [6.07, 6.45) is 0. The molecule has 24 heavy (non-hydrogen) atoms. The van der Waals surface area contributed by atoms with Gasteiger partial charge in [-0.15, -0.1) is 0 Å². The number of ether oxygens (including phenoxy) is 1. The van der Waals surface area contributed by atoms with Gasteiger partial charge in [0.15, 0.2) is 0 Å². The minimum absolute atomic E-state index is 0.0131. The van der Waals surface area contributed by atoms with Crippen LogP contribution in [-0.2, 0) is 20.9 Å². The van der Waals surface area contributed by atoms with Gasteiger partial charge in [0.2, 0.25) is 11.8 Å². The van der Waals surface area contributed by atoms with Crippen molar-refractivity contribution in [3.8, 4) is 0 Å². The van der Waals surface area contributed by atoms with Crippen LogP contribution in [0.15, 0.2) is 42.5 Å². The van der Waals surface area contributed by atoms with Gasteiger partial charge in [-0.25, -0.2) is 0 Å². The molecular weight excluding hydrogens is 304 g/mol. The molecule has 0 spiro atoms. The number of rotatable bonds is 6. The first-order valence-electron chi connectivity index (χ1n) is 7.75. The van der Waals surface area contributed by atoms with Gasteiger partial charge in [-0.1, -0.05) is 23.8 Å². The topological polar surface area (TPSA) is 67.4 Å². The summed E-state index contributed by atoms with van der Waals surface area (Å²) in [6, 6.07) is 13.1. The van der Waals surface area contributed by atoms with Crippen molar-refractivity contribution in [1.82, 2.24) is 0 Å². The predicted molar refractivity (Wildman–Crippen MR) is 94.9 cm³/mol.